The molecular formula is C19H20N2O2. The van der Waals surface area contributed by atoms with E-state index in [9.17, 15) is 9.90 Å². The molecule has 1 heterocycles. The van der Waals surface area contributed by atoms with Crippen LogP contribution >= 0.6 is 0 Å². The van der Waals surface area contributed by atoms with Crippen molar-refractivity contribution in [1.82, 2.24) is 9.88 Å². The SMILES string of the molecule is Cn1cc(CC(=O)NCCc2ccc(O)cc2)c2ccccc21. The van der Waals surface area contributed by atoms with Gasteiger partial charge in [-0.2, -0.15) is 0 Å². The first-order chi connectivity index (χ1) is 11.1. The monoisotopic (exact) mass is 308 g/mol. The maximum Gasteiger partial charge on any atom is 0.224 e. The predicted molar refractivity (Wildman–Crippen MR) is 91.4 cm³/mol. The predicted octanol–water partition coefficient (Wildman–Crippen LogP) is 2.79. The zero-order chi connectivity index (χ0) is 16.2. The van der Waals surface area contributed by atoms with Gasteiger partial charge >= 0.3 is 0 Å². The number of nitrogens with zero attached hydrogens (tertiary/aromatic N) is 1. The van der Waals surface area contributed by atoms with Crippen molar-refractivity contribution in [2.24, 2.45) is 7.05 Å². The summed E-state index contributed by atoms with van der Waals surface area (Å²) < 4.78 is 2.05. The third-order valence-corrected chi connectivity index (χ3v) is 4.00. The molecule has 4 nitrogen and oxygen atoms in total. The number of para-hydroxylation sites is 1. The lowest BCUT2D eigenvalue weighted by Crippen LogP contribution is -2.27. The van der Waals surface area contributed by atoms with Crippen molar-refractivity contribution in [2.75, 3.05) is 6.54 Å². The Labute approximate surface area is 135 Å². The Morgan fingerprint density at radius 2 is 1.87 bits per heavy atom. The molecule has 2 aromatic carbocycles. The van der Waals surface area contributed by atoms with Crippen molar-refractivity contribution < 1.29 is 9.90 Å². The number of aromatic nitrogens is 1. The molecule has 3 rings (SSSR count). The Morgan fingerprint density at radius 1 is 1.13 bits per heavy atom. The Bertz CT molecular complexity index is 819. The van der Waals surface area contributed by atoms with Gasteiger partial charge in [0.2, 0.25) is 5.91 Å². The molecule has 0 atom stereocenters. The van der Waals surface area contributed by atoms with Crippen molar-refractivity contribution in [3.05, 3.63) is 65.9 Å². The van der Waals surface area contributed by atoms with E-state index in [1.807, 2.05) is 48.1 Å². The molecule has 0 saturated heterocycles. The van der Waals surface area contributed by atoms with Crippen molar-refractivity contribution in [2.45, 2.75) is 12.8 Å². The first kappa shape index (κ1) is 15.2. The van der Waals surface area contributed by atoms with E-state index in [4.69, 9.17) is 0 Å². The molecule has 0 fully saturated rings. The lowest BCUT2D eigenvalue weighted by atomic mass is 10.1. The summed E-state index contributed by atoms with van der Waals surface area (Å²) in [6.45, 7) is 0.592. The zero-order valence-electron chi connectivity index (χ0n) is 13.1. The van der Waals surface area contributed by atoms with Gasteiger partial charge in [-0.05, 0) is 35.7 Å². The minimum Gasteiger partial charge on any atom is -0.508 e. The molecule has 23 heavy (non-hydrogen) atoms. The fourth-order valence-corrected chi connectivity index (χ4v) is 2.81. The number of hydrogen-bond donors (Lipinski definition) is 2. The first-order valence-electron chi connectivity index (χ1n) is 7.71. The minimum atomic E-state index is 0.0279. The Kier molecular flexibility index (Phi) is 4.33. The summed E-state index contributed by atoms with van der Waals surface area (Å²) >= 11 is 0. The standard InChI is InChI=1S/C19H20N2O2/c1-21-13-15(17-4-2-3-5-18(17)21)12-19(23)20-11-10-14-6-8-16(22)9-7-14/h2-9,13,22H,10-12H2,1H3,(H,20,23). The van der Waals surface area contributed by atoms with Gasteiger partial charge in [0.15, 0.2) is 0 Å². The quantitative estimate of drug-likeness (QED) is 0.761. The lowest BCUT2D eigenvalue weighted by molar-refractivity contribution is -0.120. The third-order valence-electron chi connectivity index (χ3n) is 4.00. The summed E-state index contributed by atoms with van der Waals surface area (Å²) in [5.74, 6) is 0.286. The van der Waals surface area contributed by atoms with Crippen molar-refractivity contribution in [3.8, 4) is 5.75 Å². The maximum atomic E-state index is 12.1. The van der Waals surface area contributed by atoms with Crippen LogP contribution in [0.4, 0.5) is 0 Å². The van der Waals surface area contributed by atoms with Gasteiger partial charge in [0.25, 0.3) is 0 Å². The van der Waals surface area contributed by atoms with Crippen LogP contribution in [-0.4, -0.2) is 22.1 Å². The highest BCUT2D eigenvalue weighted by Gasteiger charge is 2.10. The van der Waals surface area contributed by atoms with Crippen LogP contribution < -0.4 is 5.32 Å². The number of hydrogen-bond acceptors (Lipinski definition) is 2. The topological polar surface area (TPSA) is 54.3 Å². The van der Waals surface area contributed by atoms with Gasteiger partial charge in [0.05, 0.1) is 6.42 Å². The molecule has 4 heteroatoms. The number of aryl methyl sites for hydroxylation is 1. The highest BCUT2D eigenvalue weighted by molar-refractivity contribution is 5.89. The van der Waals surface area contributed by atoms with Crippen LogP contribution in [0.15, 0.2) is 54.7 Å². The van der Waals surface area contributed by atoms with Gasteiger partial charge in [0, 0.05) is 30.7 Å². The molecule has 0 aliphatic rings. The molecule has 118 valence electrons. The van der Waals surface area contributed by atoms with E-state index >= 15 is 0 Å². The molecule has 0 aliphatic heterocycles. The normalized spacial score (nSPS) is 10.8. The van der Waals surface area contributed by atoms with E-state index in [0.717, 1.165) is 28.5 Å². The lowest BCUT2D eigenvalue weighted by Gasteiger charge is -2.05. The van der Waals surface area contributed by atoms with Gasteiger partial charge in [0.1, 0.15) is 5.75 Å². The smallest absolute Gasteiger partial charge is 0.224 e. The number of rotatable bonds is 5. The zero-order valence-corrected chi connectivity index (χ0v) is 13.1. The second-order valence-corrected chi connectivity index (χ2v) is 5.73. The second kappa shape index (κ2) is 6.57. The van der Waals surface area contributed by atoms with Crippen LogP contribution in [-0.2, 0) is 24.7 Å². The van der Waals surface area contributed by atoms with E-state index in [2.05, 4.69) is 11.4 Å². The van der Waals surface area contributed by atoms with E-state index in [0.29, 0.717) is 13.0 Å². The van der Waals surface area contributed by atoms with Crippen molar-refractivity contribution in [1.29, 1.82) is 0 Å². The van der Waals surface area contributed by atoms with Crippen LogP contribution in [0, 0.1) is 0 Å². The van der Waals surface area contributed by atoms with Crippen LogP contribution in [0.1, 0.15) is 11.1 Å². The third kappa shape index (κ3) is 3.54. The van der Waals surface area contributed by atoms with Gasteiger partial charge < -0.3 is 15.0 Å². The highest BCUT2D eigenvalue weighted by Crippen LogP contribution is 2.20. The number of phenolic OH excluding ortho intramolecular Hbond substituents is 1. The number of aromatic hydroxyl groups is 1. The van der Waals surface area contributed by atoms with E-state index in [1.165, 1.54) is 0 Å². The average molecular weight is 308 g/mol. The van der Waals surface area contributed by atoms with Crippen LogP contribution in [0.25, 0.3) is 10.9 Å². The number of benzene rings is 2. The van der Waals surface area contributed by atoms with Gasteiger partial charge in [-0.3, -0.25) is 4.79 Å². The van der Waals surface area contributed by atoms with Crippen LogP contribution in [0.2, 0.25) is 0 Å². The molecular weight excluding hydrogens is 288 g/mol. The maximum absolute atomic E-state index is 12.1. The Balaban J connectivity index is 1.57. The second-order valence-electron chi connectivity index (χ2n) is 5.73. The number of phenols is 1. The summed E-state index contributed by atoms with van der Waals surface area (Å²) in [6.07, 6.45) is 3.16. The molecule has 0 bridgehead atoms. The number of carbonyl (C=O) groups excluding carboxylic acids is 1. The largest absolute Gasteiger partial charge is 0.508 e. The van der Waals surface area contributed by atoms with E-state index in [1.54, 1.807) is 12.1 Å². The molecule has 0 spiro atoms. The van der Waals surface area contributed by atoms with Gasteiger partial charge in [-0.1, -0.05) is 30.3 Å². The molecule has 3 aromatic rings. The molecule has 1 amide bonds. The summed E-state index contributed by atoms with van der Waals surface area (Å²) in [5, 5.41) is 13.3. The molecule has 0 radical (unpaired) electrons. The van der Waals surface area contributed by atoms with E-state index < -0.39 is 0 Å². The highest BCUT2D eigenvalue weighted by atomic mass is 16.3. The Hall–Kier alpha value is -2.75. The van der Waals surface area contributed by atoms with Gasteiger partial charge in [-0.15, -0.1) is 0 Å². The summed E-state index contributed by atoms with van der Waals surface area (Å²) in [7, 11) is 1.99. The Morgan fingerprint density at radius 3 is 2.65 bits per heavy atom. The molecule has 0 unspecified atom stereocenters. The molecule has 2 N–H and O–H groups in total. The molecule has 0 aliphatic carbocycles. The summed E-state index contributed by atoms with van der Waals surface area (Å²) in [6, 6.07) is 15.2. The number of fused-ring (bicyclic) bond motifs is 1. The van der Waals surface area contributed by atoms with Gasteiger partial charge in [-0.25, -0.2) is 0 Å². The van der Waals surface area contributed by atoms with Crippen LogP contribution in [0.5, 0.6) is 5.75 Å². The van der Waals surface area contributed by atoms with Crippen LogP contribution in [0.3, 0.4) is 0 Å². The van der Waals surface area contributed by atoms with Crippen molar-refractivity contribution >= 4 is 16.8 Å². The van der Waals surface area contributed by atoms with E-state index in [-0.39, 0.29) is 11.7 Å². The first-order valence-corrected chi connectivity index (χ1v) is 7.71. The summed E-state index contributed by atoms with van der Waals surface area (Å²) in [5.41, 5.74) is 3.28. The number of nitrogens with one attached hydrogen (secondary N) is 1. The number of carbonyl (C=O) groups is 1. The van der Waals surface area contributed by atoms with Crippen molar-refractivity contribution in [3.63, 3.8) is 0 Å². The number of amides is 1. The minimum absolute atomic E-state index is 0.0279. The summed E-state index contributed by atoms with van der Waals surface area (Å²) in [4.78, 5) is 12.1. The molecule has 1 aromatic heterocycles. The average Bonchev–Trinajstić information content (AvgIpc) is 2.86. The fraction of sp³-hybridized carbons (Fsp3) is 0.211. The molecule has 0 saturated carbocycles. The fourth-order valence-electron chi connectivity index (χ4n) is 2.81.